The van der Waals surface area contributed by atoms with Crippen LogP contribution in [0.1, 0.15) is 0 Å². The third-order valence-corrected chi connectivity index (χ3v) is 2.40. The third-order valence-electron chi connectivity index (χ3n) is 1.77. The topological polar surface area (TPSA) is 66.5 Å². The molecule has 0 aromatic carbocycles. The minimum Gasteiger partial charge on any atom is -0.305 e. The molecule has 0 aromatic heterocycles. The maximum atomic E-state index is 10.4. The highest BCUT2D eigenvalue weighted by atomic mass is 32.2. The lowest BCUT2D eigenvalue weighted by Gasteiger charge is -2.28. The van der Waals surface area contributed by atoms with E-state index in [-0.39, 0.29) is 11.9 Å². The van der Waals surface area contributed by atoms with Gasteiger partial charge in [0.15, 0.2) is 10.7 Å². The van der Waals surface area contributed by atoms with Crippen LogP contribution in [-0.4, -0.2) is 51.2 Å². The average Bonchev–Trinajstić information content (AvgIpc) is 2.03. The van der Waals surface area contributed by atoms with Gasteiger partial charge in [0.1, 0.15) is 6.29 Å². The fourth-order valence-electron chi connectivity index (χ4n) is 1.22. The summed E-state index contributed by atoms with van der Waals surface area (Å²) < 4.78 is 20.7. The maximum absolute atomic E-state index is 10.4. The SMILES string of the molecule is O=CC1CN(C[SH](=O)=O)CCN1. The van der Waals surface area contributed by atoms with E-state index >= 15 is 0 Å². The molecule has 5 nitrogen and oxygen atoms in total. The molecule has 6 heteroatoms. The predicted octanol–water partition coefficient (Wildman–Crippen LogP) is -1.97. The predicted molar refractivity (Wildman–Crippen MR) is 44.6 cm³/mol. The minimum atomic E-state index is -2.37. The van der Waals surface area contributed by atoms with Gasteiger partial charge >= 0.3 is 0 Å². The highest BCUT2D eigenvalue weighted by molar-refractivity contribution is 7.72. The molecule has 0 amide bonds. The summed E-state index contributed by atoms with van der Waals surface area (Å²) in [4.78, 5) is 12.1. The van der Waals surface area contributed by atoms with Gasteiger partial charge in [-0.1, -0.05) is 0 Å². The number of aldehydes is 1. The van der Waals surface area contributed by atoms with E-state index in [1.165, 1.54) is 0 Å². The fourth-order valence-corrected chi connectivity index (χ4v) is 1.81. The number of nitrogens with zero attached hydrogens (tertiary/aromatic N) is 1. The molecule has 1 saturated heterocycles. The number of hydrogen-bond donors (Lipinski definition) is 2. The van der Waals surface area contributed by atoms with Gasteiger partial charge < -0.3 is 10.1 Å². The zero-order valence-electron chi connectivity index (χ0n) is 6.60. The van der Waals surface area contributed by atoms with Crippen LogP contribution in [-0.2, 0) is 15.5 Å². The highest BCUT2D eigenvalue weighted by Crippen LogP contribution is 1.96. The molecule has 0 aromatic rings. The van der Waals surface area contributed by atoms with Crippen molar-refractivity contribution in [2.24, 2.45) is 0 Å². The van der Waals surface area contributed by atoms with Gasteiger partial charge in [0.2, 0.25) is 0 Å². The molecule has 0 spiro atoms. The first-order chi connectivity index (χ1) is 5.72. The Labute approximate surface area is 72.7 Å². The van der Waals surface area contributed by atoms with Crippen LogP contribution in [0.2, 0.25) is 0 Å². The Morgan fingerprint density at radius 2 is 2.33 bits per heavy atom. The Bertz CT molecular complexity index is 221. The van der Waals surface area contributed by atoms with E-state index in [4.69, 9.17) is 0 Å². The van der Waals surface area contributed by atoms with Crippen molar-refractivity contribution in [3.63, 3.8) is 0 Å². The summed E-state index contributed by atoms with van der Waals surface area (Å²) in [5, 5.41) is 2.97. The number of hydrogen-bond acceptors (Lipinski definition) is 5. The molecule has 1 aliphatic heterocycles. The Hall–Kier alpha value is -0.460. The van der Waals surface area contributed by atoms with E-state index in [0.717, 1.165) is 6.29 Å². The van der Waals surface area contributed by atoms with E-state index in [9.17, 15) is 13.2 Å². The van der Waals surface area contributed by atoms with Crippen molar-refractivity contribution in [1.82, 2.24) is 10.2 Å². The van der Waals surface area contributed by atoms with Crippen molar-refractivity contribution in [2.45, 2.75) is 6.04 Å². The van der Waals surface area contributed by atoms with Crippen LogP contribution in [0.3, 0.4) is 0 Å². The molecule has 1 aliphatic rings. The van der Waals surface area contributed by atoms with Gasteiger partial charge in [-0.05, 0) is 0 Å². The van der Waals surface area contributed by atoms with Crippen LogP contribution in [0.5, 0.6) is 0 Å². The van der Waals surface area contributed by atoms with Crippen LogP contribution in [0.15, 0.2) is 0 Å². The lowest BCUT2D eigenvalue weighted by atomic mass is 10.2. The molecule has 0 bridgehead atoms. The number of rotatable bonds is 3. The zero-order valence-corrected chi connectivity index (χ0v) is 7.50. The maximum Gasteiger partial charge on any atom is 0.153 e. The normalized spacial score (nSPS) is 25.9. The summed E-state index contributed by atoms with van der Waals surface area (Å²) in [6.07, 6.45) is 0.810. The quantitative estimate of drug-likeness (QED) is 0.401. The van der Waals surface area contributed by atoms with Crippen molar-refractivity contribution < 1.29 is 13.2 Å². The lowest BCUT2D eigenvalue weighted by Crippen LogP contribution is -2.51. The summed E-state index contributed by atoms with van der Waals surface area (Å²) in [5.41, 5.74) is 0. The van der Waals surface area contributed by atoms with Gasteiger partial charge in [0.25, 0.3) is 0 Å². The molecule has 0 radical (unpaired) electrons. The molecule has 1 N–H and O–H groups in total. The number of piperazine rings is 1. The fraction of sp³-hybridized carbons (Fsp3) is 0.833. The van der Waals surface area contributed by atoms with Crippen molar-refractivity contribution in [3.05, 3.63) is 0 Å². The molecule has 1 rings (SSSR count). The highest BCUT2D eigenvalue weighted by Gasteiger charge is 2.18. The van der Waals surface area contributed by atoms with Crippen molar-refractivity contribution in [3.8, 4) is 0 Å². The molecule has 70 valence electrons. The molecule has 1 heterocycles. The van der Waals surface area contributed by atoms with Crippen LogP contribution >= 0.6 is 0 Å². The van der Waals surface area contributed by atoms with E-state index < -0.39 is 10.7 Å². The summed E-state index contributed by atoms with van der Waals surface area (Å²) in [7, 11) is -2.37. The molecule has 0 aliphatic carbocycles. The Kier molecular flexibility index (Phi) is 3.64. The molecule has 12 heavy (non-hydrogen) atoms. The van der Waals surface area contributed by atoms with Crippen molar-refractivity contribution >= 4 is 17.0 Å². The van der Waals surface area contributed by atoms with E-state index in [2.05, 4.69) is 5.32 Å². The molecular weight excluding hydrogens is 180 g/mol. The molecule has 1 atom stereocenters. The van der Waals surface area contributed by atoms with Crippen LogP contribution in [0, 0.1) is 0 Å². The molecule has 1 unspecified atom stereocenters. The number of thiol groups is 1. The molecule has 1 fully saturated rings. The zero-order chi connectivity index (χ0) is 8.97. The third kappa shape index (κ3) is 2.88. The van der Waals surface area contributed by atoms with Crippen LogP contribution in [0.25, 0.3) is 0 Å². The average molecular weight is 192 g/mol. The van der Waals surface area contributed by atoms with E-state index in [1.807, 2.05) is 0 Å². The van der Waals surface area contributed by atoms with Gasteiger partial charge in [-0.25, -0.2) is 8.42 Å². The van der Waals surface area contributed by atoms with Gasteiger partial charge in [-0.3, -0.25) is 4.90 Å². The Balaban J connectivity index is 2.40. The smallest absolute Gasteiger partial charge is 0.153 e. The Morgan fingerprint density at radius 1 is 1.58 bits per heavy atom. The first kappa shape index (κ1) is 9.63. The van der Waals surface area contributed by atoms with Crippen molar-refractivity contribution in [2.75, 3.05) is 25.5 Å². The molecule has 0 saturated carbocycles. The second-order valence-electron chi connectivity index (χ2n) is 2.75. The van der Waals surface area contributed by atoms with E-state index in [1.54, 1.807) is 4.90 Å². The van der Waals surface area contributed by atoms with Crippen LogP contribution in [0.4, 0.5) is 0 Å². The molecular formula is C6H12N2O3S. The standard InChI is InChI=1S/C6H12N2O3S/c9-4-6-3-8(2-1-7-6)5-12(10)11/h4,6-7,12H,1-3,5H2. The second kappa shape index (κ2) is 4.54. The second-order valence-corrected chi connectivity index (χ2v) is 3.70. The number of nitrogens with one attached hydrogen (secondary N) is 1. The van der Waals surface area contributed by atoms with Gasteiger partial charge in [-0.15, -0.1) is 0 Å². The van der Waals surface area contributed by atoms with Gasteiger partial charge in [0.05, 0.1) is 11.9 Å². The van der Waals surface area contributed by atoms with E-state index in [0.29, 0.717) is 19.6 Å². The van der Waals surface area contributed by atoms with Gasteiger partial charge in [0, 0.05) is 19.6 Å². The summed E-state index contributed by atoms with van der Waals surface area (Å²) in [5.74, 6) is 0.0569. The van der Waals surface area contributed by atoms with Crippen molar-refractivity contribution in [1.29, 1.82) is 0 Å². The summed E-state index contributed by atoms with van der Waals surface area (Å²) in [6, 6.07) is -0.214. The van der Waals surface area contributed by atoms with Crippen LogP contribution < -0.4 is 5.32 Å². The minimum absolute atomic E-state index is 0.0569. The number of carbonyl (C=O) groups is 1. The first-order valence-corrected chi connectivity index (χ1v) is 5.11. The monoisotopic (exact) mass is 192 g/mol. The number of carbonyl (C=O) groups excluding carboxylic acids is 1. The Morgan fingerprint density at radius 3 is 2.92 bits per heavy atom. The van der Waals surface area contributed by atoms with Gasteiger partial charge in [-0.2, -0.15) is 0 Å². The lowest BCUT2D eigenvalue weighted by molar-refractivity contribution is -0.110. The summed E-state index contributed by atoms with van der Waals surface area (Å²) >= 11 is 0. The summed E-state index contributed by atoms with van der Waals surface area (Å²) in [6.45, 7) is 1.85. The largest absolute Gasteiger partial charge is 0.305 e. The first-order valence-electron chi connectivity index (χ1n) is 3.75.